The van der Waals surface area contributed by atoms with Gasteiger partial charge in [-0.1, -0.05) is 38.3 Å². The normalized spacial score (nSPS) is 22.2. The van der Waals surface area contributed by atoms with Crippen LogP contribution >= 0.6 is 11.3 Å². The van der Waals surface area contributed by atoms with Crippen LogP contribution in [0, 0.1) is 12.8 Å². The Morgan fingerprint density at radius 1 is 1.24 bits per heavy atom. The first-order valence-electron chi connectivity index (χ1n) is 8.03. The average Bonchev–Trinajstić information content (AvgIpc) is 2.95. The van der Waals surface area contributed by atoms with Crippen LogP contribution in [0.2, 0.25) is 0 Å². The van der Waals surface area contributed by atoms with Gasteiger partial charge in [0.2, 0.25) is 0 Å². The monoisotopic (exact) mass is 300 g/mol. The summed E-state index contributed by atoms with van der Waals surface area (Å²) in [7, 11) is 0. The Hall–Kier alpha value is -1.35. The molecule has 0 radical (unpaired) electrons. The largest absolute Gasteiger partial charge is 0.382 e. The molecule has 2 aromatic rings. The molecule has 1 fully saturated rings. The van der Waals surface area contributed by atoms with Crippen molar-refractivity contribution < 1.29 is 0 Å². The molecule has 0 saturated heterocycles. The minimum Gasteiger partial charge on any atom is -0.382 e. The number of nitrogens with zero attached hydrogens (tertiary/aromatic N) is 1. The topological polar surface area (TPSA) is 24.9 Å². The lowest BCUT2D eigenvalue weighted by Crippen LogP contribution is -2.26. The van der Waals surface area contributed by atoms with E-state index in [1.54, 1.807) is 11.3 Å². The van der Waals surface area contributed by atoms with E-state index in [0.717, 1.165) is 16.6 Å². The molecule has 1 aliphatic rings. The van der Waals surface area contributed by atoms with Crippen molar-refractivity contribution in [2.24, 2.45) is 5.92 Å². The summed E-state index contributed by atoms with van der Waals surface area (Å²) >= 11 is 1.71. The van der Waals surface area contributed by atoms with Gasteiger partial charge in [-0.15, -0.1) is 11.3 Å². The van der Waals surface area contributed by atoms with Gasteiger partial charge in [0.25, 0.3) is 0 Å². The van der Waals surface area contributed by atoms with Gasteiger partial charge in [-0.05, 0) is 37.8 Å². The van der Waals surface area contributed by atoms with E-state index in [-0.39, 0.29) is 0 Å². The highest BCUT2D eigenvalue weighted by molar-refractivity contribution is 7.09. The van der Waals surface area contributed by atoms with Crippen LogP contribution in [0.3, 0.4) is 0 Å². The molecule has 1 saturated carbocycles. The van der Waals surface area contributed by atoms with Crippen LogP contribution in [0.4, 0.5) is 5.69 Å². The molecule has 0 spiro atoms. The molecule has 1 heterocycles. The molecule has 1 aromatic carbocycles. The number of aryl methyl sites for hydroxylation is 1. The quantitative estimate of drug-likeness (QED) is 0.806. The summed E-state index contributed by atoms with van der Waals surface area (Å²) in [6.07, 6.45) is 6.73. The number of anilines is 1. The van der Waals surface area contributed by atoms with Crippen molar-refractivity contribution in [1.82, 2.24) is 4.98 Å². The third-order valence-electron chi connectivity index (χ3n) is 4.53. The van der Waals surface area contributed by atoms with Gasteiger partial charge in [0, 0.05) is 22.7 Å². The van der Waals surface area contributed by atoms with Crippen LogP contribution in [0.1, 0.15) is 44.0 Å². The number of aromatic nitrogens is 1. The maximum absolute atomic E-state index is 4.55. The van der Waals surface area contributed by atoms with Gasteiger partial charge in [-0.25, -0.2) is 4.98 Å². The summed E-state index contributed by atoms with van der Waals surface area (Å²) in [5.41, 5.74) is 3.54. The highest BCUT2D eigenvalue weighted by Crippen LogP contribution is 2.29. The molecule has 2 atom stereocenters. The number of nitrogens with one attached hydrogen (secondary N) is 1. The van der Waals surface area contributed by atoms with Gasteiger partial charge in [0.1, 0.15) is 0 Å². The Kier molecular flexibility index (Phi) is 4.59. The predicted molar refractivity (Wildman–Crippen MR) is 91.9 cm³/mol. The first kappa shape index (κ1) is 14.6. The smallest absolute Gasteiger partial charge is 0.0901 e. The van der Waals surface area contributed by atoms with E-state index < -0.39 is 0 Å². The molecule has 1 aliphatic carbocycles. The van der Waals surface area contributed by atoms with Gasteiger partial charge in [-0.3, -0.25) is 0 Å². The predicted octanol–water partition coefficient (Wildman–Crippen LogP) is 5.50. The fraction of sp³-hybridized carbons (Fsp3) is 0.500. The Morgan fingerprint density at radius 3 is 2.71 bits per heavy atom. The van der Waals surface area contributed by atoms with E-state index >= 15 is 0 Å². The number of hydrogen-bond acceptors (Lipinski definition) is 3. The zero-order valence-electron chi connectivity index (χ0n) is 12.9. The zero-order valence-corrected chi connectivity index (χ0v) is 13.7. The molecule has 0 amide bonds. The Balaban J connectivity index is 1.64. The summed E-state index contributed by atoms with van der Waals surface area (Å²) < 4.78 is 0. The van der Waals surface area contributed by atoms with Gasteiger partial charge in [0.15, 0.2) is 0 Å². The fourth-order valence-electron chi connectivity index (χ4n) is 3.26. The number of thiazole rings is 1. The molecule has 3 heteroatoms. The Bertz CT molecular complexity index is 573. The molecular weight excluding hydrogens is 276 g/mol. The summed E-state index contributed by atoms with van der Waals surface area (Å²) in [6.45, 7) is 4.37. The molecule has 2 nitrogen and oxygen atoms in total. The Morgan fingerprint density at radius 2 is 2.05 bits per heavy atom. The lowest BCUT2D eigenvalue weighted by atomic mass is 9.84. The second-order valence-electron chi connectivity index (χ2n) is 6.11. The number of benzene rings is 1. The molecule has 112 valence electrons. The molecular formula is C18H24N2S. The standard InChI is InChI=1S/C18H24N2S/c1-3-14-5-4-6-17(11-14)20-16-9-7-15(8-10-16)18-12-21-13(2)19-18/h7-10,12,14,17,20H,3-6,11H2,1-2H3. The van der Waals surface area contributed by atoms with Gasteiger partial charge < -0.3 is 5.32 Å². The zero-order chi connectivity index (χ0) is 14.7. The molecule has 1 aromatic heterocycles. The van der Waals surface area contributed by atoms with Crippen molar-refractivity contribution in [2.75, 3.05) is 5.32 Å². The summed E-state index contributed by atoms with van der Waals surface area (Å²) in [4.78, 5) is 4.55. The van der Waals surface area contributed by atoms with Gasteiger partial charge >= 0.3 is 0 Å². The van der Waals surface area contributed by atoms with Gasteiger partial charge in [0.05, 0.1) is 10.7 Å². The minimum atomic E-state index is 0.649. The molecule has 0 bridgehead atoms. The van der Waals surface area contributed by atoms with Crippen molar-refractivity contribution >= 4 is 17.0 Å². The average molecular weight is 300 g/mol. The Labute approximate surface area is 131 Å². The van der Waals surface area contributed by atoms with Crippen molar-refractivity contribution in [1.29, 1.82) is 0 Å². The van der Waals surface area contributed by atoms with Crippen LogP contribution in [0.25, 0.3) is 11.3 Å². The van der Waals surface area contributed by atoms with E-state index in [0.29, 0.717) is 6.04 Å². The maximum Gasteiger partial charge on any atom is 0.0901 e. The van der Waals surface area contributed by atoms with E-state index in [1.165, 1.54) is 43.4 Å². The van der Waals surface area contributed by atoms with Crippen molar-refractivity contribution in [3.63, 3.8) is 0 Å². The minimum absolute atomic E-state index is 0.649. The lowest BCUT2D eigenvalue weighted by molar-refractivity contribution is 0.327. The van der Waals surface area contributed by atoms with Crippen molar-refractivity contribution in [3.8, 4) is 11.3 Å². The highest BCUT2D eigenvalue weighted by atomic mass is 32.1. The third-order valence-corrected chi connectivity index (χ3v) is 5.30. The van der Waals surface area contributed by atoms with E-state index in [1.807, 2.05) is 0 Å². The number of hydrogen-bond donors (Lipinski definition) is 1. The summed E-state index contributed by atoms with van der Waals surface area (Å²) in [5.74, 6) is 0.911. The van der Waals surface area contributed by atoms with E-state index in [4.69, 9.17) is 0 Å². The van der Waals surface area contributed by atoms with Crippen LogP contribution in [-0.4, -0.2) is 11.0 Å². The second kappa shape index (κ2) is 6.61. The molecule has 21 heavy (non-hydrogen) atoms. The summed E-state index contributed by atoms with van der Waals surface area (Å²) in [5, 5.41) is 6.97. The van der Waals surface area contributed by atoms with Crippen LogP contribution in [-0.2, 0) is 0 Å². The summed E-state index contributed by atoms with van der Waals surface area (Å²) in [6, 6.07) is 9.39. The molecule has 2 unspecified atom stereocenters. The molecule has 1 N–H and O–H groups in total. The number of rotatable bonds is 4. The molecule has 3 rings (SSSR count). The van der Waals surface area contributed by atoms with Gasteiger partial charge in [-0.2, -0.15) is 0 Å². The van der Waals surface area contributed by atoms with E-state index in [2.05, 4.69) is 53.8 Å². The van der Waals surface area contributed by atoms with Crippen LogP contribution in [0.5, 0.6) is 0 Å². The lowest BCUT2D eigenvalue weighted by Gasteiger charge is -2.29. The first-order chi connectivity index (χ1) is 10.2. The SMILES string of the molecule is CCC1CCCC(Nc2ccc(-c3csc(C)n3)cc2)C1. The highest BCUT2D eigenvalue weighted by Gasteiger charge is 2.20. The van der Waals surface area contributed by atoms with Crippen LogP contribution < -0.4 is 5.32 Å². The maximum atomic E-state index is 4.55. The fourth-order valence-corrected chi connectivity index (χ4v) is 3.88. The van der Waals surface area contributed by atoms with E-state index in [9.17, 15) is 0 Å². The first-order valence-corrected chi connectivity index (χ1v) is 8.91. The third kappa shape index (κ3) is 3.65. The van der Waals surface area contributed by atoms with Crippen LogP contribution in [0.15, 0.2) is 29.6 Å². The second-order valence-corrected chi connectivity index (χ2v) is 7.17. The van der Waals surface area contributed by atoms with Crippen molar-refractivity contribution in [2.45, 2.75) is 52.0 Å². The van der Waals surface area contributed by atoms with Crippen molar-refractivity contribution in [3.05, 3.63) is 34.7 Å². The molecule has 0 aliphatic heterocycles.